The van der Waals surface area contributed by atoms with Gasteiger partial charge in [-0.25, -0.2) is 9.78 Å². The van der Waals surface area contributed by atoms with Crippen LogP contribution >= 0.6 is 0 Å². The molecule has 120 valence electrons. The van der Waals surface area contributed by atoms with Crippen LogP contribution in [0.1, 0.15) is 15.9 Å². The lowest BCUT2D eigenvalue weighted by Crippen LogP contribution is -2.36. The summed E-state index contributed by atoms with van der Waals surface area (Å²) in [4.78, 5) is 18.5. The summed E-state index contributed by atoms with van der Waals surface area (Å²) in [6, 6.07) is 11.5. The predicted molar refractivity (Wildman–Crippen MR) is 88.8 cm³/mol. The Morgan fingerprint density at radius 1 is 1.17 bits per heavy atom. The molecule has 1 saturated heterocycles. The fourth-order valence-electron chi connectivity index (χ4n) is 2.65. The third-order valence-electron chi connectivity index (χ3n) is 3.89. The minimum absolute atomic E-state index is 0.331. The molecule has 1 aliphatic rings. The van der Waals surface area contributed by atoms with E-state index in [1.165, 1.54) is 7.11 Å². The molecule has 3 rings (SSSR count). The molecule has 1 aliphatic heterocycles. The van der Waals surface area contributed by atoms with Gasteiger partial charge in [0.25, 0.3) is 0 Å². The maximum Gasteiger partial charge on any atom is 0.337 e. The summed E-state index contributed by atoms with van der Waals surface area (Å²) in [5.74, 6) is 0.642. The third kappa shape index (κ3) is 3.51. The molecule has 0 bridgehead atoms. The number of aryl methyl sites for hydroxylation is 1. The molecule has 0 radical (unpaired) electrons. The Bertz CT molecular complexity index is 692. The van der Waals surface area contributed by atoms with Crippen LogP contribution in [0.15, 0.2) is 36.4 Å². The van der Waals surface area contributed by atoms with Crippen LogP contribution in [0.3, 0.4) is 0 Å². The summed E-state index contributed by atoms with van der Waals surface area (Å²) >= 11 is 0. The van der Waals surface area contributed by atoms with Crippen molar-refractivity contribution < 1.29 is 14.3 Å². The highest BCUT2D eigenvalue weighted by Crippen LogP contribution is 2.24. The van der Waals surface area contributed by atoms with Crippen LogP contribution in [0.5, 0.6) is 0 Å². The van der Waals surface area contributed by atoms with Gasteiger partial charge in [0.2, 0.25) is 0 Å². The summed E-state index contributed by atoms with van der Waals surface area (Å²) in [7, 11) is 1.38. The van der Waals surface area contributed by atoms with Crippen LogP contribution in [0.4, 0.5) is 5.82 Å². The molecule has 1 aromatic carbocycles. The second kappa shape index (κ2) is 6.79. The fraction of sp³-hybridized carbons (Fsp3) is 0.333. The van der Waals surface area contributed by atoms with E-state index in [1.54, 1.807) is 12.1 Å². The number of anilines is 1. The van der Waals surface area contributed by atoms with Crippen LogP contribution in [-0.4, -0.2) is 44.4 Å². The first-order valence-electron chi connectivity index (χ1n) is 7.67. The minimum Gasteiger partial charge on any atom is -0.465 e. The Morgan fingerprint density at radius 2 is 1.87 bits per heavy atom. The SMILES string of the molecule is COC(=O)c1ccc(-c2cc(C)cc(N3CCOCC3)n2)cc1. The average Bonchev–Trinajstić information content (AvgIpc) is 2.61. The van der Waals surface area contributed by atoms with E-state index in [0.29, 0.717) is 5.56 Å². The number of hydrogen-bond donors (Lipinski definition) is 0. The summed E-state index contributed by atoms with van der Waals surface area (Å²) < 4.78 is 10.1. The van der Waals surface area contributed by atoms with E-state index in [1.807, 2.05) is 12.1 Å². The molecule has 5 nitrogen and oxygen atoms in total. The zero-order valence-electron chi connectivity index (χ0n) is 13.4. The molecular formula is C18H20N2O3. The lowest BCUT2D eigenvalue weighted by atomic mass is 10.1. The molecular weight excluding hydrogens is 292 g/mol. The summed E-state index contributed by atoms with van der Waals surface area (Å²) in [6.07, 6.45) is 0. The van der Waals surface area contributed by atoms with E-state index in [2.05, 4.69) is 24.0 Å². The average molecular weight is 312 g/mol. The maximum absolute atomic E-state index is 11.5. The van der Waals surface area contributed by atoms with Crippen molar-refractivity contribution in [3.63, 3.8) is 0 Å². The highest BCUT2D eigenvalue weighted by molar-refractivity contribution is 5.89. The van der Waals surface area contributed by atoms with Crippen LogP contribution in [0, 0.1) is 6.92 Å². The fourth-order valence-corrected chi connectivity index (χ4v) is 2.65. The number of rotatable bonds is 3. The first-order valence-corrected chi connectivity index (χ1v) is 7.67. The van der Waals surface area contributed by atoms with Crippen molar-refractivity contribution in [2.24, 2.45) is 0 Å². The van der Waals surface area contributed by atoms with Crippen molar-refractivity contribution in [3.05, 3.63) is 47.5 Å². The lowest BCUT2D eigenvalue weighted by Gasteiger charge is -2.28. The zero-order valence-corrected chi connectivity index (χ0v) is 13.4. The number of aromatic nitrogens is 1. The van der Waals surface area contributed by atoms with Crippen LogP contribution in [0.25, 0.3) is 11.3 Å². The standard InChI is InChI=1S/C18H20N2O3/c1-13-11-16(14-3-5-15(6-4-14)18(21)22-2)19-17(12-13)20-7-9-23-10-8-20/h3-6,11-12H,7-10H2,1-2H3. The smallest absolute Gasteiger partial charge is 0.337 e. The molecule has 2 aromatic rings. The largest absolute Gasteiger partial charge is 0.465 e. The number of methoxy groups -OCH3 is 1. The van der Waals surface area contributed by atoms with Gasteiger partial charge in [0.15, 0.2) is 0 Å². The van der Waals surface area contributed by atoms with Crippen LogP contribution in [-0.2, 0) is 9.47 Å². The second-order valence-electron chi connectivity index (χ2n) is 5.56. The van der Waals surface area contributed by atoms with Crippen LogP contribution < -0.4 is 4.90 Å². The zero-order chi connectivity index (χ0) is 16.2. The Kier molecular flexibility index (Phi) is 4.57. The minimum atomic E-state index is -0.331. The van der Waals surface area contributed by atoms with Gasteiger partial charge in [-0.2, -0.15) is 0 Å². The number of pyridine rings is 1. The van der Waals surface area contributed by atoms with Crippen molar-refractivity contribution in [2.75, 3.05) is 38.3 Å². The molecule has 1 fully saturated rings. The van der Waals surface area contributed by atoms with Gasteiger partial charge < -0.3 is 14.4 Å². The molecule has 2 heterocycles. The monoisotopic (exact) mass is 312 g/mol. The highest BCUT2D eigenvalue weighted by atomic mass is 16.5. The summed E-state index contributed by atoms with van der Waals surface area (Å²) in [5.41, 5.74) is 3.59. The molecule has 5 heteroatoms. The molecule has 0 aliphatic carbocycles. The quantitative estimate of drug-likeness (QED) is 0.816. The van der Waals surface area contributed by atoms with E-state index in [9.17, 15) is 4.79 Å². The van der Waals surface area contributed by atoms with Crippen molar-refractivity contribution in [1.29, 1.82) is 0 Å². The Labute approximate surface area is 135 Å². The van der Waals surface area contributed by atoms with Gasteiger partial charge in [0.1, 0.15) is 5.82 Å². The molecule has 0 spiro atoms. The van der Waals surface area contributed by atoms with Gasteiger partial charge in [-0.3, -0.25) is 0 Å². The summed E-state index contributed by atoms with van der Waals surface area (Å²) in [5, 5.41) is 0. The maximum atomic E-state index is 11.5. The van der Waals surface area contributed by atoms with Crippen molar-refractivity contribution in [1.82, 2.24) is 4.98 Å². The second-order valence-corrected chi connectivity index (χ2v) is 5.56. The van der Waals surface area contributed by atoms with Gasteiger partial charge in [-0.1, -0.05) is 12.1 Å². The number of esters is 1. The number of ether oxygens (including phenoxy) is 2. The van der Waals surface area contributed by atoms with Crippen LogP contribution in [0.2, 0.25) is 0 Å². The molecule has 0 atom stereocenters. The predicted octanol–water partition coefficient (Wildman–Crippen LogP) is 2.68. The van der Waals surface area contributed by atoms with E-state index in [4.69, 9.17) is 14.5 Å². The molecule has 0 amide bonds. The van der Waals surface area contributed by atoms with Gasteiger partial charge >= 0.3 is 5.97 Å². The Hall–Kier alpha value is -2.40. The molecule has 0 N–H and O–H groups in total. The number of benzene rings is 1. The number of hydrogen-bond acceptors (Lipinski definition) is 5. The number of carbonyl (C=O) groups is 1. The number of morpholine rings is 1. The lowest BCUT2D eigenvalue weighted by molar-refractivity contribution is 0.0601. The van der Waals surface area contributed by atoms with Gasteiger partial charge in [-0.15, -0.1) is 0 Å². The Balaban J connectivity index is 1.90. The molecule has 1 aromatic heterocycles. The topological polar surface area (TPSA) is 51.7 Å². The highest BCUT2D eigenvalue weighted by Gasteiger charge is 2.14. The van der Waals surface area contributed by atoms with Gasteiger partial charge in [0, 0.05) is 18.7 Å². The van der Waals surface area contributed by atoms with Gasteiger partial charge in [-0.05, 0) is 36.8 Å². The van der Waals surface area contributed by atoms with E-state index < -0.39 is 0 Å². The molecule has 23 heavy (non-hydrogen) atoms. The van der Waals surface area contributed by atoms with E-state index >= 15 is 0 Å². The Morgan fingerprint density at radius 3 is 2.52 bits per heavy atom. The normalized spacial score (nSPS) is 14.6. The third-order valence-corrected chi connectivity index (χ3v) is 3.89. The van der Waals surface area contributed by atoms with E-state index in [0.717, 1.165) is 48.9 Å². The van der Waals surface area contributed by atoms with Crippen molar-refractivity contribution >= 4 is 11.8 Å². The van der Waals surface area contributed by atoms with Crippen molar-refractivity contribution in [2.45, 2.75) is 6.92 Å². The molecule has 0 unspecified atom stereocenters. The first-order chi connectivity index (χ1) is 11.2. The molecule has 0 saturated carbocycles. The summed E-state index contributed by atoms with van der Waals surface area (Å²) in [6.45, 7) is 5.25. The number of carbonyl (C=O) groups excluding carboxylic acids is 1. The van der Waals surface area contributed by atoms with E-state index in [-0.39, 0.29) is 5.97 Å². The first kappa shape index (κ1) is 15.5. The number of nitrogens with zero attached hydrogens (tertiary/aromatic N) is 2. The van der Waals surface area contributed by atoms with Crippen molar-refractivity contribution in [3.8, 4) is 11.3 Å². The van der Waals surface area contributed by atoms with Gasteiger partial charge in [0.05, 0.1) is 31.6 Å².